The quantitative estimate of drug-likeness (QED) is 0.607. The number of benzene rings is 1. The van der Waals surface area contributed by atoms with Crippen LogP contribution in [0, 0.1) is 5.82 Å². The second kappa shape index (κ2) is 4.98. The molecule has 0 radical (unpaired) electrons. The van der Waals surface area contributed by atoms with Gasteiger partial charge in [0.05, 0.1) is 4.91 Å². The summed E-state index contributed by atoms with van der Waals surface area (Å²) in [5.41, 5.74) is 0.407. The van der Waals surface area contributed by atoms with Crippen molar-refractivity contribution in [2.45, 2.75) is 6.92 Å². The van der Waals surface area contributed by atoms with Gasteiger partial charge in [-0.15, -0.1) is 0 Å². The number of rotatable bonds is 2. The number of carbonyl (C=O) groups excluding carboxylic acids is 1. The van der Waals surface area contributed by atoms with Crippen molar-refractivity contribution in [2.24, 2.45) is 0 Å². The van der Waals surface area contributed by atoms with Crippen LogP contribution in [0.5, 0.6) is 0 Å². The number of hydrogen-bond donors (Lipinski definition) is 0. The average molecular weight is 267 g/mol. The molecule has 17 heavy (non-hydrogen) atoms. The SMILES string of the molecule is CCN1C(=O)C(=Cc2ccccc2F)SC1=S. The first-order chi connectivity index (χ1) is 8.13. The van der Waals surface area contributed by atoms with E-state index in [4.69, 9.17) is 12.2 Å². The molecular weight excluding hydrogens is 257 g/mol. The summed E-state index contributed by atoms with van der Waals surface area (Å²) in [5, 5.41) is 0. The summed E-state index contributed by atoms with van der Waals surface area (Å²) in [6.45, 7) is 2.40. The predicted octanol–water partition coefficient (Wildman–Crippen LogP) is 3.05. The first-order valence-corrected chi connectivity index (χ1v) is 6.36. The molecule has 1 aromatic carbocycles. The Hall–Kier alpha value is -1.20. The number of nitrogens with zero attached hydrogens (tertiary/aromatic N) is 1. The third-order valence-corrected chi connectivity index (χ3v) is 3.76. The van der Waals surface area contributed by atoms with Gasteiger partial charge in [-0.2, -0.15) is 0 Å². The van der Waals surface area contributed by atoms with Gasteiger partial charge in [0.15, 0.2) is 0 Å². The zero-order valence-electron chi connectivity index (χ0n) is 9.14. The highest BCUT2D eigenvalue weighted by Gasteiger charge is 2.30. The molecule has 1 aliphatic heterocycles. The van der Waals surface area contributed by atoms with Crippen molar-refractivity contribution in [3.8, 4) is 0 Å². The van der Waals surface area contributed by atoms with Crippen LogP contribution in [0.1, 0.15) is 12.5 Å². The van der Waals surface area contributed by atoms with Gasteiger partial charge in [0, 0.05) is 12.1 Å². The second-order valence-corrected chi connectivity index (χ2v) is 5.12. The molecule has 0 aromatic heterocycles. The molecule has 0 unspecified atom stereocenters. The molecule has 2 nitrogen and oxygen atoms in total. The fourth-order valence-corrected chi connectivity index (χ4v) is 2.88. The standard InChI is InChI=1S/C12H10FNOS2/c1-2-14-11(15)10(17-12(14)16)7-8-5-3-4-6-9(8)13/h3-7H,2H2,1H3. The van der Waals surface area contributed by atoms with E-state index >= 15 is 0 Å². The van der Waals surface area contributed by atoms with Gasteiger partial charge >= 0.3 is 0 Å². The summed E-state index contributed by atoms with van der Waals surface area (Å²) in [6, 6.07) is 6.35. The van der Waals surface area contributed by atoms with Crippen LogP contribution in [-0.2, 0) is 4.79 Å². The normalized spacial score (nSPS) is 18.2. The molecule has 1 heterocycles. The third-order valence-electron chi connectivity index (χ3n) is 2.38. The van der Waals surface area contributed by atoms with Gasteiger partial charge in [0.1, 0.15) is 10.1 Å². The fourth-order valence-electron chi connectivity index (χ4n) is 1.51. The van der Waals surface area contributed by atoms with Crippen LogP contribution in [-0.4, -0.2) is 21.7 Å². The molecule has 0 saturated carbocycles. The third kappa shape index (κ3) is 2.40. The molecule has 0 bridgehead atoms. The van der Waals surface area contributed by atoms with Crippen molar-refractivity contribution in [3.05, 3.63) is 40.6 Å². The molecule has 0 N–H and O–H groups in total. The zero-order valence-corrected chi connectivity index (χ0v) is 10.8. The van der Waals surface area contributed by atoms with E-state index in [0.29, 0.717) is 21.3 Å². The lowest BCUT2D eigenvalue weighted by Gasteiger charge is -2.09. The monoisotopic (exact) mass is 267 g/mol. The molecule has 0 aliphatic carbocycles. The summed E-state index contributed by atoms with van der Waals surface area (Å²) >= 11 is 6.29. The number of carbonyl (C=O) groups is 1. The van der Waals surface area contributed by atoms with Crippen LogP contribution in [0.4, 0.5) is 4.39 Å². The molecular formula is C12H10FNOS2. The largest absolute Gasteiger partial charge is 0.293 e. The smallest absolute Gasteiger partial charge is 0.266 e. The maximum absolute atomic E-state index is 13.4. The number of halogens is 1. The Labute approximate surface area is 108 Å². The van der Waals surface area contributed by atoms with Crippen LogP contribution >= 0.6 is 24.0 Å². The Kier molecular flexibility index (Phi) is 3.59. The highest BCUT2D eigenvalue weighted by molar-refractivity contribution is 8.26. The predicted molar refractivity (Wildman–Crippen MR) is 72.0 cm³/mol. The maximum Gasteiger partial charge on any atom is 0.266 e. The highest BCUT2D eigenvalue weighted by Crippen LogP contribution is 2.32. The Bertz CT molecular complexity index is 513. The molecule has 0 atom stereocenters. The minimum atomic E-state index is -0.339. The van der Waals surface area contributed by atoms with Crippen molar-refractivity contribution in [1.29, 1.82) is 0 Å². The minimum Gasteiger partial charge on any atom is -0.293 e. The summed E-state index contributed by atoms with van der Waals surface area (Å²) in [7, 11) is 0. The van der Waals surface area contributed by atoms with E-state index in [9.17, 15) is 9.18 Å². The van der Waals surface area contributed by atoms with Crippen molar-refractivity contribution in [3.63, 3.8) is 0 Å². The van der Waals surface area contributed by atoms with Crippen molar-refractivity contribution >= 4 is 40.3 Å². The fraction of sp³-hybridized carbons (Fsp3) is 0.167. The number of amides is 1. The number of thioether (sulfide) groups is 1. The number of hydrogen-bond acceptors (Lipinski definition) is 3. The van der Waals surface area contributed by atoms with E-state index in [2.05, 4.69) is 0 Å². The second-order valence-electron chi connectivity index (χ2n) is 3.45. The summed E-state index contributed by atoms with van der Waals surface area (Å²) in [4.78, 5) is 13.9. The topological polar surface area (TPSA) is 20.3 Å². The average Bonchev–Trinajstić information content (AvgIpc) is 2.57. The Morgan fingerprint density at radius 1 is 1.47 bits per heavy atom. The van der Waals surface area contributed by atoms with E-state index in [1.165, 1.54) is 22.7 Å². The molecule has 5 heteroatoms. The molecule has 1 fully saturated rings. The molecule has 1 aliphatic rings. The van der Waals surface area contributed by atoms with Gasteiger partial charge in [-0.3, -0.25) is 9.69 Å². The lowest BCUT2D eigenvalue weighted by Crippen LogP contribution is -2.27. The lowest BCUT2D eigenvalue weighted by atomic mass is 10.2. The molecule has 1 aromatic rings. The van der Waals surface area contributed by atoms with Gasteiger partial charge in [-0.25, -0.2) is 4.39 Å². The zero-order chi connectivity index (χ0) is 12.4. The van der Waals surface area contributed by atoms with E-state index < -0.39 is 0 Å². The van der Waals surface area contributed by atoms with Gasteiger partial charge in [0.2, 0.25) is 0 Å². The van der Waals surface area contributed by atoms with Gasteiger partial charge in [-0.1, -0.05) is 42.2 Å². The van der Waals surface area contributed by atoms with Crippen LogP contribution in [0.25, 0.3) is 6.08 Å². The lowest BCUT2D eigenvalue weighted by molar-refractivity contribution is -0.121. The molecule has 0 spiro atoms. The minimum absolute atomic E-state index is 0.147. The Morgan fingerprint density at radius 2 is 2.18 bits per heavy atom. The molecule has 2 rings (SSSR count). The van der Waals surface area contributed by atoms with Crippen LogP contribution in [0.15, 0.2) is 29.2 Å². The van der Waals surface area contributed by atoms with Crippen LogP contribution in [0.3, 0.4) is 0 Å². The van der Waals surface area contributed by atoms with E-state index in [-0.39, 0.29) is 11.7 Å². The van der Waals surface area contributed by atoms with Crippen LogP contribution in [0.2, 0.25) is 0 Å². The van der Waals surface area contributed by atoms with Gasteiger partial charge in [-0.05, 0) is 19.1 Å². The van der Waals surface area contributed by atoms with E-state index in [0.717, 1.165) is 0 Å². The molecule has 1 saturated heterocycles. The van der Waals surface area contributed by atoms with E-state index in [1.807, 2.05) is 6.92 Å². The van der Waals surface area contributed by atoms with Crippen molar-refractivity contribution in [1.82, 2.24) is 4.90 Å². The summed E-state index contributed by atoms with van der Waals surface area (Å²) < 4.78 is 14.0. The number of likely N-dealkylation sites (N-methyl/N-ethyl adjacent to an activating group) is 1. The Morgan fingerprint density at radius 3 is 2.76 bits per heavy atom. The summed E-state index contributed by atoms with van der Waals surface area (Å²) in [6.07, 6.45) is 1.55. The molecule has 88 valence electrons. The maximum atomic E-state index is 13.4. The Balaban J connectivity index is 2.34. The van der Waals surface area contributed by atoms with Gasteiger partial charge < -0.3 is 0 Å². The van der Waals surface area contributed by atoms with Crippen molar-refractivity contribution in [2.75, 3.05) is 6.54 Å². The first-order valence-electron chi connectivity index (χ1n) is 5.13. The van der Waals surface area contributed by atoms with Gasteiger partial charge in [0.25, 0.3) is 5.91 Å². The highest BCUT2D eigenvalue weighted by atomic mass is 32.2. The number of thiocarbonyl (C=S) groups is 1. The van der Waals surface area contributed by atoms with Crippen molar-refractivity contribution < 1.29 is 9.18 Å². The molecule has 1 amide bonds. The van der Waals surface area contributed by atoms with Crippen LogP contribution < -0.4 is 0 Å². The summed E-state index contributed by atoms with van der Waals surface area (Å²) in [5.74, 6) is -0.486. The van der Waals surface area contributed by atoms with E-state index in [1.54, 1.807) is 24.3 Å². The first kappa shape index (κ1) is 12.3.